The lowest BCUT2D eigenvalue weighted by Crippen LogP contribution is -2.40. The molecule has 0 spiro atoms. The Morgan fingerprint density at radius 3 is 2.62 bits per heavy atom. The summed E-state index contributed by atoms with van der Waals surface area (Å²) in [6, 6.07) is 11.4. The Morgan fingerprint density at radius 2 is 1.96 bits per heavy atom. The molecule has 2 aromatic rings. The summed E-state index contributed by atoms with van der Waals surface area (Å²) in [5, 5.41) is 0. The van der Waals surface area contributed by atoms with Crippen molar-refractivity contribution in [2.45, 2.75) is 32.4 Å². The normalized spacial score (nSPS) is 18.0. The van der Waals surface area contributed by atoms with Gasteiger partial charge >= 0.3 is 0 Å². The maximum absolute atomic E-state index is 12.6. The van der Waals surface area contributed by atoms with Crippen molar-refractivity contribution < 1.29 is 14.0 Å². The van der Waals surface area contributed by atoms with E-state index in [4.69, 9.17) is 4.42 Å². The molecule has 1 aliphatic rings. The van der Waals surface area contributed by atoms with Gasteiger partial charge in [0.2, 0.25) is 11.8 Å². The summed E-state index contributed by atoms with van der Waals surface area (Å²) in [6.45, 7) is 2.94. The zero-order chi connectivity index (χ0) is 17.1. The molecule has 1 atom stereocenters. The van der Waals surface area contributed by atoms with Crippen LogP contribution in [0, 0.1) is 6.92 Å². The molecular formula is C19H22N2O3. The molecule has 1 unspecified atom stereocenters. The molecule has 0 radical (unpaired) electrons. The van der Waals surface area contributed by atoms with Crippen molar-refractivity contribution in [3.8, 4) is 0 Å². The highest BCUT2D eigenvalue weighted by Gasteiger charge is 2.40. The van der Waals surface area contributed by atoms with Crippen molar-refractivity contribution in [1.29, 1.82) is 0 Å². The number of carbonyl (C=O) groups excluding carboxylic acids is 2. The molecule has 5 heteroatoms. The van der Waals surface area contributed by atoms with Crippen LogP contribution < -0.4 is 0 Å². The maximum atomic E-state index is 12.6. The molecule has 1 aromatic heterocycles. The number of amides is 2. The molecule has 5 nitrogen and oxygen atoms in total. The molecular weight excluding hydrogens is 304 g/mol. The van der Waals surface area contributed by atoms with E-state index < -0.39 is 0 Å². The van der Waals surface area contributed by atoms with E-state index in [1.165, 1.54) is 4.90 Å². The molecule has 3 rings (SSSR count). The number of aryl methyl sites for hydroxylation is 1. The predicted octanol–water partition coefficient (Wildman–Crippen LogP) is 2.39. The number of furan rings is 1. The van der Waals surface area contributed by atoms with Crippen LogP contribution in [-0.2, 0) is 22.6 Å². The van der Waals surface area contributed by atoms with Crippen LogP contribution in [0.3, 0.4) is 0 Å². The fourth-order valence-electron chi connectivity index (χ4n) is 3.08. The first kappa shape index (κ1) is 16.5. The third-order valence-electron chi connectivity index (χ3n) is 4.61. The lowest BCUT2D eigenvalue weighted by Gasteiger charge is -2.22. The summed E-state index contributed by atoms with van der Waals surface area (Å²) >= 11 is 0. The first-order chi connectivity index (χ1) is 11.6. The average Bonchev–Trinajstić information content (AvgIpc) is 3.10. The van der Waals surface area contributed by atoms with Crippen LogP contribution in [0.4, 0.5) is 0 Å². The third-order valence-corrected chi connectivity index (χ3v) is 4.61. The Hall–Kier alpha value is -2.40. The lowest BCUT2D eigenvalue weighted by atomic mass is 10.1. The van der Waals surface area contributed by atoms with Gasteiger partial charge in [0.05, 0.1) is 18.7 Å². The fraction of sp³-hybridized carbons (Fsp3) is 0.368. The van der Waals surface area contributed by atoms with Gasteiger partial charge in [0.15, 0.2) is 0 Å². The van der Waals surface area contributed by atoms with Crippen molar-refractivity contribution in [1.82, 2.24) is 9.80 Å². The van der Waals surface area contributed by atoms with E-state index in [0.717, 1.165) is 16.9 Å². The second kappa shape index (κ2) is 7.01. The van der Waals surface area contributed by atoms with Gasteiger partial charge in [0.25, 0.3) is 0 Å². The fourth-order valence-corrected chi connectivity index (χ4v) is 3.08. The number of rotatable bonds is 6. The molecule has 2 heterocycles. The van der Waals surface area contributed by atoms with Crippen molar-refractivity contribution in [2.75, 3.05) is 13.6 Å². The zero-order valence-corrected chi connectivity index (χ0v) is 14.1. The Morgan fingerprint density at radius 1 is 1.21 bits per heavy atom. The van der Waals surface area contributed by atoms with Crippen LogP contribution in [0.5, 0.6) is 0 Å². The van der Waals surface area contributed by atoms with Gasteiger partial charge in [-0.3, -0.25) is 19.4 Å². The van der Waals surface area contributed by atoms with Crippen molar-refractivity contribution >= 4 is 11.8 Å². The smallest absolute Gasteiger partial charge is 0.247 e. The number of carbonyl (C=O) groups is 2. The molecule has 1 aromatic carbocycles. The molecule has 126 valence electrons. The molecule has 0 saturated carbocycles. The summed E-state index contributed by atoms with van der Waals surface area (Å²) in [5.41, 5.74) is 2.17. The predicted molar refractivity (Wildman–Crippen MR) is 90.2 cm³/mol. The molecule has 1 aliphatic heterocycles. The average molecular weight is 326 g/mol. The second-order valence-electron chi connectivity index (χ2n) is 6.26. The van der Waals surface area contributed by atoms with Crippen LogP contribution in [0.25, 0.3) is 0 Å². The second-order valence-corrected chi connectivity index (χ2v) is 6.26. The van der Waals surface area contributed by atoms with Gasteiger partial charge in [0, 0.05) is 18.7 Å². The first-order valence-electron chi connectivity index (χ1n) is 8.17. The van der Waals surface area contributed by atoms with Gasteiger partial charge in [-0.2, -0.15) is 0 Å². The van der Waals surface area contributed by atoms with Crippen LogP contribution in [0.2, 0.25) is 0 Å². The highest BCUT2D eigenvalue weighted by Crippen LogP contribution is 2.21. The molecule has 0 N–H and O–H groups in total. The Bertz CT molecular complexity index is 723. The lowest BCUT2D eigenvalue weighted by molar-refractivity contribution is -0.139. The van der Waals surface area contributed by atoms with Crippen LogP contribution in [-0.4, -0.2) is 41.2 Å². The largest absolute Gasteiger partial charge is 0.469 e. The number of hydrogen-bond acceptors (Lipinski definition) is 4. The number of hydrogen-bond donors (Lipinski definition) is 0. The molecule has 1 saturated heterocycles. The van der Waals surface area contributed by atoms with E-state index >= 15 is 0 Å². The molecule has 0 bridgehead atoms. The van der Waals surface area contributed by atoms with E-state index in [9.17, 15) is 9.59 Å². The van der Waals surface area contributed by atoms with Gasteiger partial charge in [-0.05, 0) is 32.0 Å². The number of imide groups is 1. The summed E-state index contributed by atoms with van der Waals surface area (Å²) in [5.74, 6) is 0.663. The van der Waals surface area contributed by atoms with E-state index in [-0.39, 0.29) is 24.3 Å². The Balaban J connectivity index is 1.62. The van der Waals surface area contributed by atoms with Gasteiger partial charge < -0.3 is 4.42 Å². The number of likely N-dealkylation sites (N-methyl/N-ethyl adjacent to an activating group) is 1. The minimum Gasteiger partial charge on any atom is -0.469 e. The van der Waals surface area contributed by atoms with Crippen molar-refractivity contribution in [2.24, 2.45) is 0 Å². The maximum Gasteiger partial charge on any atom is 0.247 e. The summed E-state index contributed by atoms with van der Waals surface area (Å²) in [4.78, 5) is 28.2. The Labute approximate surface area is 141 Å². The van der Waals surface area contributed by atoms with Crippen LogP contribution in [0.1, 0.15) is 23.3 Å². The molecule has 2 amide bonds. The quantitative estimate of drug-likeness (QED) is 0.765. The van der Waals surface area contributed by atoms with E-state index in [2.05, 4.69) is 0 Å². The van der Waals surface area contributed by atoms with Gasteiger partial charge in [-0.25, -0.2) is 0 Å². The highest BCUT2D eigenvalue weighted by atomic mass is 16.3. The highest BCUT2D eigenvalue weighted by molar-refractivity contribution is 6.05. The minimum absolute atomic E-state index is 0.0864. The van der Waals surface area contributed by atoms with Gasteiger partial charge in [-0.1, -0.05) is 30.3 Å². The van der Waals surface area contributed by atoms with E-state index in [1.54, 1.807) is 6.26 Å². The minimum atomic E-state index is -0.387. The number of nitrogens with zero attached hydrogens (tertiary/aromatic N) is 2. The summed E-state index contributed by atoms with van der Waals surface area (Å²) < 4.78 is 5.30. The SMILES string of the molecule is Cc1occc1CN(C)C1CC(=O)N(CCc2ccccc2)C1=O. The molecule has 1 fully saturated rings. The van der Waals surface area contributed by atoms with Crippen LogP contribution in [0.15, 0.2) is 47.1 Å². The summed E-state index contributed by atoms with van der Waals surface area (Å²) in [7, 11) is 1.88. The Kier molecular flexibility index (Phi) is 4.81. The zero-order valence-electron chi connectivity index (χ0n) is 14.1. The number of likely N-dealkylation sites (tertiary alicyclic amines) is 1. The van der Waals surface area contributed by atoms with Gasteiger partial charge in [-0.15, -0.1) is 0 Å². The standard InChI is InChI=1S/C19H22N2O3/c1-14-16(9-11-24-14)13-20(2)17-12-18(22)21(19(17)23)10-8-15-6-4-3-5-7-15/h3-7,9,11,17H,8,10,12-13H2,1-2H3. The van der Waals surface area contributed by atoms with Crippen LogP contribution >= 0.6 is 0 Å². The van der Waals surface area contributed by atoms with Crippen molar-refractivity contribution in [3.05, 3.63) is 59.5 Å². The van der Waals surface area contributed by atoms with E-state index in [0.29, 0.717) is 19.5 Å². The van der Waals surface area contributed by atoms with Crippen molar-refractivity contribution in [3.63, 3.8) is 0 Å². The molecule has 24 heavy (non-hydrogen) atoms. The molecule has 0 aliphatic carbocycles. The number of benzene rings is 1. The van der Waals surface area contributed by atoms with E-state index in [1.807, 2.05) is 55.3 Å². The van der Waals surface area contributed by atoms with Gasteiger partial charge in [0.1, 0.15) is 5.76 Å². The monoisotopic (exact) mass is 326 g/mol. The topological polar surface area (TPSA) is 53.8 Å². The summed E-state index contributed by atoms with van der Waals surface area (Å²) in [6.07, 6.45) is 2.59. The third kappa shape index (κ3) is 3.41. The first-order valence-corrected chi connectivity index (χ1v) is 8.17.